The number of anilines is 1. The summed E-state index contributed by atoms with van der Waals surface area (Å²) in [6.45, 7) is 0.515. The van der Waals surface area contributed by atoms with Crippen molar-refractivity contribution in [2.75, 3.05) is 19.4 Å². The van der Waals surface area contributed by atoms with Gasteiger partial charge in [0.1, 0.15) is 0 Å². The molecule has 2 rings (SSSR count). The van der Waals surface area contributed by atoms with Crippen molar-refractivity contribution in [2.24, 2.45) is 0 Å². The molecule has 122 valence electrons. The third-order valence-electron chi connectivity index (χ3n) is 3.19. The van der Waals surface area contributed by atoms with Crippen LogP contribution in [0.4, 0.5) is 5.69 Å². The van der Waals surface area contributed by atoms with Crippen LogP contribution in [0.2, 0.25) is 0 Å². The van der Waals surface area contributed by atoms with E-state index >= 15 is 0 Å². The van der Waals surface area contributed by atoms with Crippen LogP contribution >= 0.6 is 12.2 Å². The highest BCUT2D eigenvalue weighted by atomic mass is 32.2. The third-order valence-corrected chi connectivity index (χ3v) is 5.26. The number of sulfonamides is 1. The molecule has 0 saturated heterocycles. The van der Waals surface area contributed by atoms with Gasteiger partial charge in [-0.15, -0.1) is 0 Å². The summed E-state index contributed by atoms with van der Waals surface area (Å²) in [4.78, 5) is 0.274. The summed E-state index contributed by atoms with van der Waals surface area (Å²) in [5.41, 5.74) is 1.86. The number of hydrogen-bond acceptors (Lipinski definition) is 3. The Morgan fingerprint density at radius 1 is 1.04 bits per heavy atom. The SMILES string of the molecule is CN(C)S(=O)(=O)c1ccc(CNC(=S)Nc2ccccc2)cc1. The minimum atomic E-state index is -3.39. The predicted octanol–water partition coefficient (Wildman–Crippen LogP) is 2.42. The number of thiocarbonyl (C=S) groups is 1. The van der Waals surface area contributed by atoms with E-state index in [9.17, 15) is 8.42 Å². The summed E-state index contributed by atoms with van der Waals surface area (Å²) in [6, 6.07) is 16.4. The number of rotatable bonds is 5. The lowest BCUT2D eigenvalue weighted by atomic mass is 10.2. The van der Waals surface area contributed by atoms with Crippen LogP contribution in [0, 0.1) is 0 Å². The van der Waals surface area contributed by atoms with Crippen LogP contribution < -0.4 is 10.6 Å². The molecule has 0 saturated carbocycles. The van der Waals surface area contributed by atoms with Gasteiger partial charge >= 0.3 is 0 Å². The zero-order chi connectivity index (χ0) is 16.9. The van der Waals surface area contributed by atoms with Crippen LogP contribution in [0.5, 0.6) is 0 Å². The fourth-order valence-electron chi connectivity index (χ4n) is 1.87. The molecule has 7 heteroatoms. The lowest BCUT2D eigenvalue weighted by Crippen LogP contribution is -2.27. The quantitative estimate of drug-likeness (QED) is 0.812. The molecule has 2 aromatic carbocycles. The van der Waals surface area contributed by atoms with Gasteiger partial charge in [0.15, 0.2) is 5.11 Å². The molecule has 2 aromatic rings. The Hall–Kier alpha value is -1.96. The fraction of sp³-hybridized carbons (Fsp3) is 0.188. The highest BCUT2D eigenvalue weighted by molar-refractivity contribution is 7.89. The maximum Gasteiger partial charge on any atom is 0.242 e. The van der Waals surface area contributed by atoms with Crippen molar-refractivity contribution in [3.8, 4) is 0 Å². The molecule has 0 amide bonds. The third kappa shape index (κ3) is 4.75. The summed E-state index contributed by atoms with van der Waals surface area (Å²) < 4.78 is 25.2. The smallest absolute Gasteiger partial charge is 0.242 e. The zero-order valence-electron chi connectivity index (χ0n) is 13.0. The monoisotopic (exact) mass is 349 g/mol. The van der Waals surface area contributed by atoms with E-state index in [1.165, 1.54) is 18.4 Å². The number of benzene rings is 2. The molecule has 2 N–H and O–H groups in total. The lowest BCUT2D eigenvalue weighted by Gasteiger charge is -2.13. The first kappa shape index (κ1) is 17.4. The van der Waals surface area contributed by atoms with E-state index in [-0.39, 0.29) is 4.90 Å². The van der Waals surface area contributed by atoms with Gasteiger partial charge in [-0.25, -0.2) is 12.7 Å². The van der Waals surface area contributed by atoms with E-state index in [4.69, 9.17) is 12.2 Å². The van der Waals surface area contributed by atoms with Crippen molar-refractivity contribution < 1.29 is 8.42 Å². The molecule has 0 bridgehead atoms. The summed E-state index contributed by atoms with van der Waals surface area (Å²) >= 11 is 5.23. The zero-order valence-corrected chi connectivity index (χ0v) is 14.6. The highest BCUT2D eigenvalue weighted by Crippen LogP contribution is 2.14. The van der Waals surface area contributed by atoms with Crippen molar-refractivity contribution in [1.29, 1.82) is 0 Å². The van der Waals surface area contributed by atoms with Gasteiger partial charge in [0.05, 0.1) is 4.90 Å². The first-order chi connectivity index (χ1) is 10.9. The first-order valence-electron chi connectivity index (χ1n) is 7.01. The molecule has 0 atom stereocenters. The number of hydrogen-bond donors (Lipinski definition) is 2. The molecular weight excluding hydrogens is 330 g/mol. The minimum Gasteiger partial charge on any atom is -0.358 e. The van der Waals surface area contributed by atoms with Crippen LogP contribution in [-0.4, -0.2) is 31.9 Å². The summed E-state index contributed by atoms with van der Waals surface area (Å²) in [7, 11) is -0.366. The van der Waals surface area contributed by atoms with Crippen molar-refractivity contribution in [1.82, 2.24) is 9.62 Å². The molecule has 0 unspecified atom stereocenters. The molecule has 23 heavy (non-hydrogen) atoms. The molecule has 0 radical (unpaired) electrons. The molecule has 0 aromatic heterocycles. The second-order valence-electron chi connectivity index (χ2n) is 5.11. The standard InChI is InChI=1S/C16H19N3O2S2/c1-19(2)23(20,21)15-10-8-13(9-11-15)12-17-16(22)18-14-6-4-3-5-7-14/h3-11H,12H2,1-2H3,(H2,17,18,22). The molecule has 0 fully saturated rings. The number of para-hydroxylation sites is 1. The maximum atomic E-state index is 12.0. The fourth-order valence-corrected chi connectivity index (χ4v) is 2.96. The Morgan fingerprint density at radius 2 is 1.65 bits per heavy atom. The van der Waals surface area contributed by atoms with Crippen LogP contribution in [-0.2, 0) is 16.6 Å². The normalized spacial score (nSPS) is 11.3. The van der Waals surface area contributed by atoms with Crippen LogP contribution in [0.25, 0.3) is 0 Å². The molecule has 0 heterocycles. The number of nitrogens with one attached hydrogen (secondary N) is 2. The lowest BCUT2D eigenvalue weighted by molar-refractivity contribution is 0.520. The topological polar surface area (TPSA) is 61.4 Å². The van der Waals surface area contributed by atoms with Gasteiger partial charge in [0, 0.05) is 26.3 Å². The Kier molecular flexibility index (Phi) is 5.70. The minimum absolute atomic E-state index is 0.274. The Labute approximate surface area is 142 Å². The van der Waals surface area contributed by atoms with Gasteiger partial charge in [0.2, 0.25) is 10.0 Å². The highest BCUT2D eigenvalue weighted by Gasteiger charge is 2.16. The molecule has 5 nitrogen and oxygen atoms in total. The molecular formula is C16H19N3O2S2. The van der Waals surface area contributed by atoms with Crippen LogP contribution in [0.1, 0.15) is 5.56 Å². The Bertz CT molecular complexity index is 758. The summed E-state index contributed by atoms with van der Waals surface area (Å²) in [5, 5.41) is 6.68. The number of nitrogens with zero attached hydrogens (tertiary/aromatic N) is 1. The van der Waals surface area contributed by atoms with Gasteiger partial charge < -0.3 is 10.6 Å². The van der Waals surface area contributed by atoms with E-state index in [0.29, 0.717) is 11.7 Å². The van der Waals surface area contributed by atoms with Crippen molar-refractivity contribution >= 4 is 33.0 Å². The van der Waals surface area contributed by atoms with E-state index in [2.05, 4.69) is 10.6 Å². The maximum absolute atomic E-state index is 12.0. The average Bonchev–Trinajstić information content (AvgIpc) is 2.54. The Morgan fingerprint density at radius 3 is 2.22 bits per heavy atom. The summed E-state index contributed by atoms with van der Waals surface area (Å²) in [6.07, 6.45) is 0. The summed E-state index contributed by atoms with van der Waals surface area (Å²) in [5.74, 6) is 0. The van der Waals surface area contributed by atoms with Crippen LogP contribution in [0.3, 0.4) is 0 Å². The second kappa shape index (κ2) is 7.54. The first-order valence-corrected chi connectivity index (χ1v) is 8.86. The van der Waals surface area contributed by atoms with Gasteiger partial charge in [0.25, 0.3) is 0 Å². The van der Waals surface area contributed by atoms with Gasteiger partial charge in [-0.05, 0) is 42.0 Å². The average molecular weight is 349 g/mol. The van der Waals surface area contributed by atoms with Gasteiger partial charge in [-0.3, -0.25) is 0 Å². The molecule has 0 aliphatic carbocycles. The molecule has 0 aliphatic rings. The largest absolute Gasteiger partial charge is 0.358 e. The Balaban J connectivity index is 1.93. The van der Waals surface area contributed by atoms with Crippen LogP contribution in [0.15, 0.2) is 59.5 Å². The molecule has 0 spiro atoms. The second-order valence-corrected chi connectivity index (χ2v) is 7.67. The van der Waals surface area contributed by atoms with E-state index < -0.39 is 10.0 Å². The van der Waals surface area contributed by atoms with Gasteiger partial charge in [-0.1, -0.05) is 30.3 Å². The van der Waals surface area contributed by atoms with E-state index in [1.807, 2.05) is 30.3 Å². The van der Waals surface area contributed by atoms with Crippen molar-refractivity contribution in [2.45, 2.75) is 11.4 Å². The van der Waals surface area contributed by atoms with E-state index in [0.717, 1.165) is 11.3 Å². The predicted molar refractivity (Wildman–Crippen MR) is 96.8 cm³/mol. The van der Waals surface area contributed by atoms with Gasteiger partial charge in [-0.2, -0.15) is 0 Å². The van der Waals surface area contributed by atoms with E-state index in [1.54, 1.807) is 24.3 Å². The van der Waals surface area contributed by atoms with Crippen molar-refractivity contribution in [3.63, 3.8) is 0 Å². The van der Waals surface area contributed by atoms with Crippen molar-refractivity contribution in [3.05, 3.63) is 60.2 Å². The molecule has 0 aliphatic heterocycles.